The number of carbonyl (C=O) groups excluding carboxylic acids is 1. The second-order valence-electron chi connectivity index (χ2n) is 11.9. The second-order valence-corrected chi connectivity index (χ2v) is 11.9. The van der Waals surface area contributed by atoms with Crippen LogP contribution in [0.1, 0.15) is 71.3 Å². The van der Waals surface area contributed by atoms with Gasteiger partial charge in [0.2, 0.25) is 0 Å². The van der Waals surface area contributed by atoms with Gasteiger partial charge in [-0.15, -0.1) is 0 Å². The Hall–Kier alpha value is -3.93. The van der Waals surface area contributed by atoms with Crippen LogP contribution in [0.5, 0.6) is 5.75 Å². The molecule has 0 saturated carbocycles. The number of likely N-dealkylation sites (N-methyl/N-ethyl adjacent to an activating group) is 1. The number of ether oxygens (including phenoxy) is 3. The van der Waals surface area contributed by atoms with Gasteiger partial charge in [-0.2, -0.15) is 0 Å². The van der Waals surface area contributed by atoms with Crippen LogP contribution in [0, 0.1) is 0 Å². The first-order valence-electron chi connectivity index (χ1n) is 16.5. The molecule has 4 aromatic rings. The predicted octanol–water partition coefficient (Wildman–Crippen LogP) is 7.55. The molecule has 1 aliphatic rings. The molecule has 4 aromatic carbocycles. The minimum atomic E-state index is -0.594. The summed E-state index contributed by atoms with van der Waals surface area (Å²) in [4.78, 5) is 14.7. The van der Waals surface area contributed by atoms with Crippen LogP contribution in [0.4, 0.5) is 0 Å². The Bertz CT molecular complexity index is 1530. The molecule has 5 heteroatoms. The molecule has 0 bridgehead atoms. The van der Waals surface area contributed by atoms with E-state index in [0.29, 0.717) is 26.2 Å². The summed E-state index contributed by atoms with van der Waals surface area (Å²) in [5.41, 5.74) is 10.8. The maximum atomic E-state index is 12.3. The van der Waals surface area contributed by atoms with Crippen LogP contribution in [0.15, 0.2) is 91.0 Å². The number of rotatable bonds is 14. The highest BCUT2D eigenvalue weighted by Crippen LogP contribution is 2.37. The molecule has 45 heavy (non-hydrogen) atoms. The molecule has 0 amide bonds. The Morgan fingerprint density at radius 3 is 2.07 bits per heavy atom. The van der Waals surface area contributed by atoms with Crippen LogP contribution in [0.25, 0.3) is 0 Å². The van der Waals surface area contributed by atoms with Crippen molar-refractivity contribution in [1.29, 1.82) is 0 Å². The molecule has 1 aliphatic carbocycles. The van der Waals surface area contributed by atoms with E-state index in [1.165, 1.54) is 38.9 Å². The van der Waals surface area contributed by atoms with Crippen LogP contribution in [-0.4, -0.2) is 50.4 Å². The minimum absolute atomic E-state index is 0.165. The number of nitrogens with zero attached hydrogens (tertiary/aromatic N) is 1. The van der Waals surface area contributed by atoms with Gasteiger partial charge in [-0.1, -0.05) is 85.8 Å². The molecule has 5 nitrogen and oxygen atoms in total. The normalized spacial score (nSPS) is 14.7. The van der Waals surface area contributed by atoms with E-state index in [2.05, 4.69) is 85.6 Å². The summed E-state index contributed by atoms with van der Waals surface area (Å²) in [6, 6.07) is 33.0. The number of benzene rings is 4. The van der Waals surface area contributed by atoms with Crippen molar-refractivity contribution in [2.24, 2.45) is 0 Å². The largest absolute Gasteiger partial charge is 0.492 e. The zero-order valence-electron chi connectivity index (χ0n) is 27.3. The summed E-state index contributed by atoms with van der Waals surface area (Å²) in [5.74, 6) is 0.499. The van der Waals surface area contributed by atoms with Crippen LogP contribution in [0.2, 0.25) is 0 Å². The lowest BCUT2D eigenvalue weighted by Gasteiger charge is -2.31. The average Bonchev–Trinajstić information content (AvgIpc) is 3.22. The fraction of sp³-hybridized carbons (Fsp3) is 0.375. The molecular weight excluding hydrogens is 558 g/mol. The quantitative estimate of drug-likeness (QED) is 0.139. The third-order valence-electron chi connectivity index (χ3n) is 8.74. The zero-order chi connectivity index (χ0) is 31.6. The van der Waals surface area contributed by atoms with Crippen molar-refractivity contribution in [1.82, 2.24) is 4.90 Å². The van der Waals surface area contributed by atoms with Crippen molar-refractivity contribution < 1.29 is 19.0 Å². The van der Waals surface area contributed by atoms with Gasteiger partial charge in [0.1, 0.15) is 12.4 Å². The lowest BCUT2D eigenvalue weighted by Crippen LogP contribution is -2.30. The van der Waals surface area contributed by atoms with Crippen molar-refractivity contribution in [3.05, 3.63) is 136 Å². The SMILES string of the molecule is CCOC(=O)C(Cc1ccc(OCCN(C)C2c3ccc(CC)cc3CCc3cc(Cc4ccccc4)ccc32)cc1)OCC. The molecule has 236 valence electrons. The summed E-state index contributed by atoms with van der Waals surface area (Å²) >= 11 is 0. The summed E-state index contributed by atoms with van der Waals surface area (Å²) in [7, 11) is 2.21. The first-order chi connectivity index (χ1) is 22.0. The maximum absolute atomic E-state index is 12.3. The van der Waals surface area contributed by atoms with Gasteiger partial charge in [0.05, 0.1) is 12.6 Å². The molecular formula is C40H47NO4. The van der Waals surface area contributed by atoms with Crippen LogP contribution >= 0.6 is 0 Å². The number of hydrogen-bond donors (Lipinski definition) is 0. The van der Waals surface area contributed by atoms with E-state index in [0.717, 1.165) is 43.5 Å². The summed E-state index contributed by atoms with van der Waals surface area (Å²) in [6.45, 7) is 8.08. The molecule has 0 heterocycles. The molecule has 0 fully saturated rings. The fourth-order valence-corrected chi connectivity index (χ4v) is 6.38. The van der Waals surface area contributed by atoms with Gasteiger partial charge in [0, 0.05) is 19.6 Å². The van der Waals surface area contributed by atoms with Crippen molar-refractivity contribution in [2.75, 3.05) is 33.4 Å². The van der Waals surface area contributed by atoms with Gasteiger partial charge in [-0.3, -0.25) is 4.90 Å². The van der Waals surface area contributed by atoms with Crippen LogP contribution in [-0.2, 0) is 46.4 Å². The van der Waals surface area contributed by atoms with Gasteiger partial charge in [0.15, 0.2) is 6.10 Å². The lowest BCUT2D eigenvalue weighted by molar-refractivity contribution is -0.156. The Morgan fingerprint density at radius 2 is 1.42 bits per heavy atom. The molecule has 0 spiro atoms. The van der Waals surface area contributed by atoms with Crippen molar-refractivity contribution in [3.63, 3.8) is 0 Å². The minimum Gasteiger partial charge on any atom is -0.492 e. The Labute approximate surface area is 269 Å². The fourth-order valence-electron chi connectivity index (χ4n) is 6.38. The summed E-state index contributed by atoms with van der Waals surface area (Å²) in [5, 5.41) is 0. The first kappa shape index (κ1) is 32.5. The van der Waals surface area contributed by atoms with Crippen molar-refractivity contribution in [2.45, 2.75) is 65.0 Å². The molecule has 0 radical (unpaired) electrons. The highest BCUT2D eigenvalue weighted by atomic mass is 16.6. The first-order valence-corrected chi connectivity index (χ1v) is 16.5. The standard InChI is InChI=1S/C40H47NO4/c1-5-29-15-21-36-33(26-29)17-18-34-27-32(25-30-11-9-8-10-12-30)16-22-37(34)39(36)41(4)23-24-45-35-19-13-31(14-20-35)28-38(43-6-2)40(42)44-7-3/h8-16,19-22,26-27,38-39H,5-7,17-18,23-25,28H2,1-4H3. The average molecular weight is 606 g/mol. The topological polar surface area (TPSA) is 48.0 Å². The van der Waals surface area contributed by atoms with Gasteiger partial charge < -0.3 is 14.2 Å². The summed E-state index contributed by atoms with van der Waals surface area (Å²) < 4.78 is 17.0. The Morgan fingerprint density at radius 1 is 0.778 bits per heavy atom. The van der Waals surface area contributed by atoms with E-state index in [1.807, 2.05) is 38.1 Å². The van der Waals surface area contributed by atoms with E-state index in [4.69, 9.17) is 14.2 Å². The third-order valence-corrected chi connectivity index (χ3v) is 8.74. The summed E-state index contributed by atoms with van der Waals surface area (Å²) in [6.07, 6.45) is 3.98. The molecule has 5 rings (SSSR count). The number of carbonyl (C=O) groups is 1. The van der Waals surface area contributed by atoms with Gasteiger partial charge in [-0.05, 0) is 103 Å². The second kappa shape index (κ2) is 15.9. The van der Waals surface area contributed by atoms with E-state index < -0.39 is 6.10 Å². The highest BCUT2D eigenvalue weighted by molar-refractivity contribution is 5.75. The van der Waals surface area contributed by atoms with Crippen molar-refractivity contribution >= 4 is 5.97 Å². The number of aryl methyl sites for hydroxylation is 3. The van der Waals surface area contributed by atoms with E-state index in [1.54, 1.807) is 0 Å². The van der Waals surface area contributed by atoms with E-state index >= 15 is 0 Å². The van der Waals surface area contributed by atoms with Crippen molar-refractivity contribution in [3.8, 4) is 5.75 Å². The monoisotopic (exact) mass is 605 g/mol. The lowest BCUT2D eigenvalue weighted by atomic mass is 9.90. The Kier molecular flexibility index (Phi) is 11.5. The number of fused-ring (bicyclic) bond motifs is 2. The molecule has 0 N–H and O–H groups in total. The smallest absolute Gasteiger partial charge is 0.335 e. The van der Waals surface area contributed by atoms with E-state index in [-0.39, 0.29) is 12.0 Å². The number of esters is 1. The number of hydrogen-bond acceptors (Lipinski definition) is 5. The highest BCUT2D eigenvalue weighted by Gasteiger charge is 2.27. The molecule has 0 aliphatic heterocycles. The molecule has 2 atom stereocenters. The van der Waals surface area contributed by atoms with Crippen LogP contribution in [0.3, 0.4) is 0 Å². The van der Waals surface area contributed by atoms with Gasteiger partial charge in [-0.25, -0.2) is 4.79 Å². The van der Waals surface area contributed by atoms with Gasteiger partial charge in [0.25, 0.3) is 0 Å². The Balaban J connectivity index is 1.29. The molecule has 2 unspecified atom stereocenters. The van der Waals surface area contributed by atoms with E-state index in [9.17, 15) is 4.79 Å². The zero-order valence-corrected chi connectivity index (χ0v) is 27.3. The van der Waals surface area contributed by atoms with Gasteiger partial charge >= 0.3 is 5.97 Å². The maximum Gasteiger partial charge on any atom is 0.335 e. The predicted molar refractivity (Wildman–Crippen MR) is 181 cm³/mol. The molecule has 0 aromatic heterocycles. The third kappa shape index (κ3) is 8.42. The molecule has 0 saturated heterocycles. The van der Waals surface area contributed by atoms with Crippen LogP contribution < -0.4 is 4.74 Å².